The van der Waals surface area contributed by atoms with Gasteiger partial charge in [-0.05, 0) is 12.3 Å². The van der Waals surface area contributed by atoms with Crippen molar-refractivity contribution in [3.8, 4) is 0 Å². The van der Waals surface area contributed by atoms with Crippen LogP contribution in [0.25, 0.3) is 0 Å². The summed E-state index contributed by atoms with van der Waals surface area (Å²) >= 11 is 0. The Kier molecular flexibility index (Phi) is 4.03. The third-order valence-corrected chi connectivity index (χ3v) is 2.23. The van der Waals surface area contributed by atoms with Crippen LogP contribution in [0.3, 0.4) is 0 Å². The van der Waals surface area contributed by atoms with Crippen LogP contribution in [0, 0.1) is 0 Å². The molecular formula is C10H15N3O2. The molecule has 1 atom stereocenters. The molecule has 5 nitrogen and oxygen atoms in total. The second-order valence-electron chi connectivity index (χ2n) is 3.38. The van der Waals surface area contributed by atoms with E-state index in [1.807, 2.05) is 0 Å². The first kappa shape index (κ1) is 11.4. The zero-order chi connectivity index (χ0) is 11.3. The molecule has 0 fully saturated rings. The lowest BCUT2D eigenvalue weighted by Gasteiger charge is -2.09. The molecular weight excluding hydrogens is 194 g/mol. The molecule has 0 radical (unpaired) electrons. The molecule has 1 aromatic rings. The second-order valence-corrected chi connectivity index (χ2v) is 3.38. The molecule has 1 unspecified atom stereocenters. The minimum Gasteiger partial charge on any atom is -0.480 e. The van der Waals surface area contributed by atoms with Crippen LogP contribution in [-0.4, -0.2) is 27.6 Å². The molecule has 0 aromatic carbocycles. The number of carboxylic acid groups (broad SMARTS) is 1. The van der Waals surface area contributed by atoms with Gasteiger partial charge in [-0.1, -0.05) is 13.8 Å². The van der Waals surface area contributed by atoms with Crippen LogP contribution in [0.15, 0.2) is 12.4 Å². The molecule has 1 rings (SSSR count). The largest absolute Gasteiger partial charge is 0.480 e. The standard InChI is InChI=1S/C10H15N3O2/c1-3-7(2)8-4-9(13-6-12-8)11-5-10(14)15/h4,6-7H,3,5H2,1-2H3,(H,14,15)(H,11,12,13). The van der Waals surface area contributed by atoms with E-state index in [0.717, 1.165) is 12.1 Å². The molecule has 1 heterocycles. The van der Waals surface area contributed by atoms with Crippen LogP contribution in [-0.2, 0) is 4.79 Å². The van der Waals surface area contributed by atoms with Crippen molar-refractivity contribution in [2.75, 3.05) is 11.9 Å². The van der Waals surface area contributed by atoms with Crippen molar-refractivity contribution < 1.29 is 9.90 Å². The van der Waals surface area contributed by atoms with E-state index in [0.29, 0.717) is 11.7 Å². The fourth-order valence-electron chi connectivity index (χ4n) is 1.11. The number of hydrogen-bond acceptors (Lipinski definition) is 4. The van der Waals surface area contributed by atoms with Gasteiger partial charge < -0.3 is 10.4 Å². The van der Waals surface area contributed by atoms with Gasteiger partial charge >= 0.3 is 5.97 Å². The Morgan fingerprint density at radius 3 is 2.93 bits per heavy atom. The molecule has 5 heteroatoms. The van der Waals surface area contributed by atoms with Gasteiger partial charge in [-0.2, -0.15) is 0 Å². The second kappa shape index (κ2) is 5.29. The third kappa shape index (κ3) is 3.53. The average Bonchev–Trinajstić information content (AvgIpc) is 2.25. The molecule has 0 spiro atoms. The Morgan fingerprint density at radius 2 is 2.33 bits per heavy atom. The highest BCUT2D eigenvalue weighted by Gasteiger charge is 2.06. The van der Waals surface area contributed by atoms with Crippen molar-refractivity contribution in [2.24, 2.45) is 0 Å². The Hall–Kier alpha value is -1.65. The zero-order valence-corrected chi connectivity index (χ0v) is 8.90. The summed E-state index contributed by atoms with van der Waals surface area (Å²) in [5, 5.41) is 11.2. The van der Waals surface area contributed by atoms with Crippen LogP contribution in [0.1, 0.15) is 31.9 Å². The number of aromatic nitrogens is 2. The molecule has 1 aromatic heterocycles. The van der Waals surface area contributed by atoms with Crippen molar-refractivity contribution in [3.05, 3.63) is 18.1 Å². The number of carboxylic acids is 1. The van der Waals surface area contributed by atoms with Gasteiger partial charge in [0.1, 0.15) is 18.7 Å². The molecule has 2 N–H and O–H groups in total. The zero-order valence-electron chi connectivity index (χ0n) is 8.90. The summed E-state index contributed by atoms with van der Waals surface area (Å²) in [4.78, 5) is 18.4. The Bertz CT molecular complexity index is 341. The van der Waals surface area contributed by atoms with Crippen LogP contribution in [0.2, 0.25) is 0 Å². The lowest BCUT2D eigenvalue weighted by atomic mass is 10.1. The van der Waals surface area contributed by atoms with E-state index in [1.165, 1.54) is 6.33 Å². The number of rotatable bonds is 5. The maximum absolute atomic E-state index is 10.3. The maximum Gasteiger partial charge on any atom is 0.322 e. The number of nitrogens with one attached hydrogen (secondary N) is 1. The number of anilines is 1. The van der Waals surface area contributed by atoms with Crippen LogP contribution in [0.5, 0.6) is 0 Å². The van der Waals surface area contributed by atoms with Gasteiger partial charge in [0.15, 0.2) is 0 Å². The van der Waals surface area contributed by atoms with Gasteiger partial charge in [-0.15, -0.1) is 0 Å². The van der Waals surface area contributed by atoms with Gasteiger partial charge in [-0.3, -0.25) is 4.79 Å². The molecule has 15 heavy (non-hydrogen) atoms. The van der Waals surface area contributed by atoms with Crippen LogP contribution >= 0.6 is 0 Å². The van der Waals surface area contributed by atoms with E-state index in [2.05, 4.69) is 29.1 Å². The van der Waals surface area contributed by atoms with E-state index >= 15 is 0 Å². The molecule has 0 aliphatic heterocycles. The summed E-state index contributed by atoms with van der Waals surface area (Å²) in [5.74, 6) is 0.0137. The quantitative estimate of drug-likeness (QED) is 0.768. The summed E-state index contributed by atoms with van der Waals surface area (Å²) in [6.07, 6.45) is 2.45. The first-order valence-corrected chi connectivity index (χ1v) is 4.91. The normalized spacial score (nSPS) is 12.1. The molecule has 0 aliphatic carbocycles. The van der Waals surface area contributed by atoms with Crippen molar-refractivity contribution in [3.63, 3.8) is 0 Å². The predicted molar refractivity (Wildman–Crippen MR) is 56.9 cm³/mol. The molecule has 0 saturated heterocycles. The molecule has 0 bridgehead atoms. The molecule has 0 aliphatic rings. The van der Waals surface area contributed by atoms with E-state index in [-0.39, 0.29) is 6.54 Å². The van der Waals surface area contributed by atoms with Crippen molar-refractivity contribution in [2.45, 2.75) is 26.2 Å². The molecule has 82 valence electrons. The highest BCUT2D eigenvalue weighted by Crippen LogP contribution is 2.17. The fourth-order valence-corrected chi connectivity index (χ4v) is 1.11. The van der Waals surface area contributed by atoms with Crippen LogP contribution < -0.4 is 5.32 Å². The van der Waals surface area contributed by atoms with Crippen molar-refractivity contribution in [1.82, 2.24) is 9.97 Å². The maximum atomic E-state index is 10.3. The predicted octanol–water partition coefficient (Wildman–Crippen LogP) is 1.49. The Labute approximate surface area is 88.6 Å². The first-order chi connectivity index (χ1) is 7.13. The van der Waals surface area contributed by atoms with E-state index < -0.39 is 5.97 Å². The summed E-state index contributed by atoms with van der Waals surface area (Å²) in [6.45, 7) is 4.03. The Morgan fingerprint density at radius 1 is 1.60 bits per heavy atom. The monoisotopic (exact) mass is 209 g/mol. The molecule has 0 amide bonds. The lowest BCUT2D eigenvalue weighted by molar-refractivity contribution is -0.134. The minimum atomic E-state index is -0.904. The minimum absolute atomic E-state index is 0.128. The van der Waals surface area contributed by atoms with Gasteiger partial charge in [0.2, 0.25) is 0 Å². The lowest BCUT2D eigenvalue weighted by Crippen LogP contribution is -2.13. The van der Waals surface area contributed by atoms with E-state index in [1.54, 1.807) is 6.07 Å². The van der Waals surface area contributed by atoms with Gasteiger partial charge in [0.05, 0.1) is 0 Å². The fraction of sp³-hybridized carbons (Fsp3) is 0.500. The van der Waals surface area contributed by atoms with Crippen LogP contribution in [0.4, 0.5) is 5.82 Å². The first-order valence-electron chi connectivity index (χ1n) is 4.91. The number of aliphatic carboxylic acids is 1. The molecule has 0 saturated carbocycles. The summed E-state index contributed by atoms with van der Waals surface area (Å²) in [6, 6.07) is 1.79. The summed E-state index contributed by atoms with van der Waals surface area (Å²) in [7, 11) is 0. The van der Waals surface area contributed by atoms with Gasteiger partial charge in [0.25, 0.3) is 0 Å². The third-order valence-electron chi connectivity index (χ3n) is 2.23. The smallest absolute Gasteiger partial charge is 0.322 e. The van der Waals surface area contributed by atoms with Crippen molar-refractivity contribution >= 4 is 11.8 Å². The van der Waals surface area contributed by atoms with E-state index in [9.17, 15) is 4.79 Å². The number of hydrogen-bond donors (Lipinski definition) is 2. The summed E-state index contributed by atoms with van der Waals surface area (Å²) < 4.78 is 0. The Balaban J connectivity index is 2.69. The number of nitrogens with zero attached hydrogens (tertiary/aromatic N) is 2. The average molecular weight is 209 g/mol. The topological polar surface area (TPSA) is 75.1 Å². The number of carbonyl (C=O) groups is 1. The van der Waals surface area contributed by atoms with E-state index in [4.69, 9.17) is 5.11 Å². The van der Waals surface area contributed by atoms with Gasteiger partial charge in [0, 0.05) is 11.8 Å². The highest BCUT2D eigenvalue weighted by molar-refractivity contribution is 5.72. The van der Waals surface area contributed by atoms with Gasteiger partial charge in [-0.25, -0.2) is 9.97 Å². The SMILES string of the molecule is CCC(C)c1cc(NCC(=O)O)ncn1. The highest BCUT2D eigenvalue weighted by atomic mass is 16.4. The summed E-state index contributed by atoms with van der Waals surface area (Å²) in [5.41, 5.74) is 0.931. The van der Waals surface area contributed by atoms with Crippen molar-refractivity contribution in [1.29, 1.82) is 0 Å².